The summed E-state index contributed by atoms with van der Waals surface area (Å²) in [5, 5.41) is 19.3. The van der Waals surface area contributed by atoms with Gasteiger partial charge in [0, 0.05) is 23.7 Å². The molecule has 7 heteroatoms. The average molecular weight is 546 g/mol. The van der Waals surface area contributed by atoms with Crippen molar-refractivity contribution in [1.29, 1.82) is 0 Å². The third-order valence-electron chi connectivity index (χ3n) is 13.0. The molecule has 1 heterocycles. The number of ketones is 2. The number of Topliss-reactive ketones (excluding diaryl/α,β-unsaturated/α-hetero) is 1. The molecule has 0 aliphatic heterocycles. The molecule has 0 aromatic carbocycles. The Balaban J connectivity index is 1.54. The molecule has 3 fully saturated rings. The maximum atomic E-state index is 14.6. The average Bonchev–Trinajstić information content (AvgIpc) is 3.34. The maximum absolute atomic E-state index is 14.6. The standard InChI is InChI=1S/C33H43N3O4/c1-19-35-36-27(40-19)33-13-11-28(2,3)16-20(33)25-22(38)15-24-29(4)17-21(34-8)26(39)30(5,18-37)23(29)9-10-31(24,6)32(25,7)12-14-33/h15,17,20,23,25,37H,9-14,16,18H2,1-7H3/t20-,23+,25-,29-,30-,31+,32+,33-/m0/s1. The predicted molar refractivity (Wildman–Crippen MR) is 150 cm³/mol. The molecule has 0 saturated heterocycles. The lowest BCUT2D eigenvalue weighted by atomic mass is 9.34. The Kier molecular flexibility index (Phi) is 5.68. The first-order chi connectivity index (χ1) is 18.6. The van der Waals surface area contributed by atoms with Crippen LogP contribution in [-0.4, -0.2) is 33.5 Å². The molecule has 5 aliphatic carbocycles. The number of aliphatic hydroxyl groups is 1. The summed E-state index contributed by atoms with van der Waals surface area (Å²) in [4.78, 5) is 31.6. The van der Waals surface area contributed by atoms with E-state index in [0.29, 0.717) is 11.8 Å². The predicted octanol–water partition coefficient (Wildman–Crippen LogP) is 6.17. The first-order valence-electron chi connectivity index (χ1n) is 14.9. The summed E-state index contributed by atoms with van der Waals surface area (Å²) in [6.45, 7) is 22.5. The minimum absolute atomic E-state index is 0.0867. The van der Waals surface area contributed by atoms with Crippen LogP contribution < -0.4 is 0 Å². The number of allylic oxidation sites excluding steroid dienone is 4. The molecule has 3 saturated carbocycles. The van der Waals surface area contributed by atoms with Crippen LogP contribution in [0.2, 0.25) is 0 Å². The molecule has 214 valence electrons. The summed E-state index contributed by atoms with van der Waals surface area (Å²) in [6.07, 6.45) is 10.0. The van der Waals surface area contributed by atoms with E-state index in [9.17, 15) is 14.7 Å². The number of hydrogen-bond donors (Lipinski definition) is 1. The number of fused-ring (bicyclic) bond motifs is 7. The molecule has 8 atom stereocenters. The first-order valence-corrected chi connectivity index (χ1v) is 14.9. The number of carbonyl (C=O) groups excluding carboxylic acids is 2. The van der Waals surface area contributed by atoms with Crippen LogP contribution in [0.3, 0.4) is 0 Å². The highest BCUT2D eigenvalue weighted by atomic mass is 16.4. The van der Waals surface area contributed by atoms with E-state index in [-0.39, 0.29) is 63.3 Å². The van der Waals surface area contributed by atoms with Crippen LogP contribution in [0.25, 0.3) is 4.85 Å². The Labute approximate surface area is 237 Å². The van der Waals surface area contributed by atoms with Crippen molar-refractivity contribution >= 4 is 11.6 Å². The first kappa shape index (κ1) is 27.6. The van der Waals surface area contributed by atoms with Gasteiger partial charge in [-0.2, -0.15) is 0 Å². The van der Waals surface area contributed by atoms with Crippen molar-refractivity contribution in [3.63, 3.8) is 0 Å². The Bertz CT molecular complexity index is 1410. The van der Waals surface area contributed by atoms with E-state index in [2.05, 4.69) is 49.7 Å². The molecular weight excluding hydrogens is 502 g/mol. The van der Waals surface area contributed by atoms with E-state index in [1.807, 2.05) is 19.1 Å². The lowest BCUT2D eigenvalue weighted by Gasteiger charge is -2.69. The molecule has 0 unspecified atom stereocenters. The van der Waals surface area contributed by atoms with Crippen LogP contribution in [0.5, 0.6) is 0 Å². The highest BCUT2D eigenvalue weighted by Gasteiger charge is 2.71. The summed E-state index contributed by atoms with van der Waals surface area (Å²) in [5.41, 5.74) is -1.37. The lowest BCUT2D eigenvalue weighted by Crippen LogP contribution is -2.66. The normalized spacial score (nSPS) is 45.7. The summed E-state index contributed by atoms with van der Waals surface area (Å²) >= 11 is 0. The molecule has 0 spiro atoms. The van der Waals surface area contributed by atoms with Crippen molar-refractivity contribution in [3.05, 3.63) is 46.6 Å². The van der Waals surface area contributed by atoms with E-state index in [0.717, 1.165) is 50.5 Å². The molecule has 1 aromatic heterocycles. The summed E-state index contributed by atoms with van der Waals surface area (Å²) in [7, 11) is 0. The van der Waals surface area contributed by atoms with Crippen molar-refractivity contribution < 1.29 is 19.1 Å². The topological polar surface area (TPSA) is 97.7 Å². The van der Waals surface area contributed by atoms with Gasteiger partial charge in [-0.1, -0.05) is 53.2 Å². The zero-order chi connectivity index (χ0) is 29.1. The highest BCUT2D eigenvalue weighted by molar-refractivity contribution is 6.03. The number of nitrogens with zero attached hydrogens (tertiary/aromatic N) is 3. The Morgan fingerprint density at radius 2 is 1.75 bits per heavy atom. The quantitative estimate of drug-likeness (QED) is 0.446. The van der Waals surface area contributed by atoms with Crippen LogP contribution >= 0.6 is 0 Å². The molecular formula is C33H43N3O4. The monoisotopic (exact) mass is 545 g/mol. The minimum Gasteiger partial charge on any atom is -0.425 e. The molecule has 0 radical (unpaired) electrons. The molecule has 7 nitrogen and oxygen atoms in total. The zero-order valence-electron chi connectivity index (χ0n) is 25.1. The molecule has 6 rings (SSSR count). The van der Waals surface area contributed by atoms with Crippen LogP contribution in [0.1, 0.15) is 98.3 Å². The lowest BCUT2D eigenvalue weighted by molar-refractivity contribution is -0.163. The van der Waals surface area contributed by atoms with Crippen molar-refractivity contribution in [2.24, 2.45) is 44.8 Å². The van der Waals surface area contributed by atoms with Gasteiger partial charge in [-0.3, -0.25) is 4.79 Å². The van der Waals surface area contributed by atoms with Gasteiger partial charge < -0.3 is 14.3 Å². The van der Waals surface area contributed by atoms with Crippen molar-refractivity contribution in [2.45, 2.75) is 98.8 Å². The molecule has 5 aliphatic rings. The van der Waals surface area contributed by atoms with Crippen LogP contribution in [0.4, 0.5) is 0 Å². The third kappa shape index (κ3) is 3.20. The van der Waals surface area contributed by atoms with Crippen molar-refractivity contribution in [3.8, 4) is 0 Å². The summed E-state index contributed by atoms with van der Waals surface area (Å²) < 4.78 is 6.15. The van der Waals surface area contributed by atoms with Gasteiger partial charge in [0.2, 0.25) is 17.5 Å². The van der Waals surface area contributed by atoms with Crippen molar-refractivity contribution in [2.75, 3.05) is 6.61 Å². The fourth-order valence-corrected chi connectivity index (χ4v) is 10.5. The van der Waals surface area contributed by atoms with Gasteiger partial charge in [0.05, 0.1) is 18.6 Å². The minimum atomic E-state index is -1.04. The Morgan fingerprint density at radius 3 is 2.38 bits per heavy atom. The SMILES string of the molecule is [C-]#[N+]C1=C[C@]2(C)C3=CC(=O)[C@@H]4[C@@H]5CC(C)(C)CC[C@]5(c5nnc(C)o5)CC[C@@]4(C)[C@]3(C)CC[C@H]2[C@](C)(CO)C1=O. The second-order valence-corrected chi connectivity index (χ2v) is 15.4. The number of aromatic nitrogens is 2. The Hall–Kier alpha value is -2.59. The number of hydrogen-bond acceptors (Lipinski definition) is 6. The van der Waals surface area contributed by atoms with E-state index in [1.165, 1.54) is 0 Å². The highest BCUT2D eigenvalue weighted by Crippen LogP contribution is 2.74. The van der Waals surface area contributed by atoms with Crippen LogP contribution in [0.15, 0.2) is 27.8 Å². The number of aliphatic hydroxyl groups excluding tert-OH is 1. The smallest absolute Gasteiger partial charge is 0.226 e. The largest absolute Gasteiger partial charge is 0.425 e. The van der Waals surface area contributed by atoms with Crippen LogP contribution in [-0.2, 0) is 15.0 Å². The van der Waals surface area contributed by atoms with Gasteiger partial charge in [-0.15, -0.1) is 10.2 Å². The number of aryl methyl sites for hydroxylation is 1. The van der Waals surface area contributed by atoms with Gasteiger partial charge in [-0.05, 0) is 79.1 Å². The molecule has 0 bridgehead atoms. The van der Waals surface area contributed by atoms with Crippen molar-refractivity contribution in [1.82, 2.24) is 10.2 Å². The van der Waals surface area contributed by atoms with Gasteiger partial charge in [0.15, 0.2) is 11.6 Å². The Morgan fingerprint density at radius 1 is 1.05 bits per heavy atom. The zero-order valence-corrected chi connectivity index (χ0v) is 25.1. The van der Waals surface area contributed by atoms with Gasteiger partial charge in [0.1, 0.15) is 0 Å². The van der Waals surface area contributed by atoms with E-state index in [1.54, 1.807) is 6.92 Å². The number of carbonyl (C=O) groups is 2. The fourth-order valence-electron chi connectivity index (χ4n) is 10.5. The van der Waals surface area contributed by atoms with Gasteiger partial charge in [-0.25, -0.2) is 4.85 Å². The molecule has 40 heavy (non-hydrogen) atoms. The second kappa shape index (κ2) is 8.25. The number of rotatable bonds is 2. The van der Waals surface area contributed by atoms with Crippen LogP contribution in [0, 0.1) is 58.3 Å². The van der Waals surface area contributed by atoms with Gasteiger partial charge in [0.25, 0.3) is 0 Å². The van der Waals surface area contributed by atoms with E-state index >= 15 is 0 Å². The maximum Gasteiger partial charge on any atom is 0.226 e. The van der Waals surface area contributed by atoms with Gasteiger partial charge >= 0.3 is 0 Å². The summed E-state index contributed by atoms with van der Waals surface area (Å²) in [6, 6.07) is 0. The molecule has 1 N–H and O–H groups in total. The summed E-state index contributed by atoms with van der Waals surface area (Å²) in [5.74, 6) is 0.883. The molecule has 1 aromatic rings. The van der Waals surface area contributed by atoms with E-state index < -0.39 is 10.8 Å². The second-order valence-electron chi connectivity index (χ2n) is 15.4. The fraction of sp³-hybridized carbons (Fsp3) is 0.727. The third-order valence-corrected chi connectivity index (χ3v) is 13.0. The van der Waals surface area contributed by atoms with E-state index in [4.69, 9.17) is 11.0 Å². The molecule has 0 amide bonds.